The number of hydrogen-bond acceptors (Lipinski definition) is 6. The van der Waals surface area contributed by atoms with Crippen molar-refractivity contribution in [3.63, 3.8) is 0 Å². The Labute approximate surface area is 160 Å². The second-order valence-corrected chi connectivity index (χ2v) is 6.75. The van der Waals surface area contributed by atoms with Crippen LogP contribution in [0.4, 0.5) is 5.69 Å². The van der Waals surface area contributed by atoms with Gasteiger partial charge in [-0.1, -0.05) is 36.4 Å². The monoisotopic (exact) mass is 378 g/mol. The molecule has 0 fully saturated rings. The Kier molecular flexibility index (Phi) is 4.62. The lowest BCUT2D eigenvalue weighted by molar-refractivity contribution is -0.385. The Morgan fingerprint density at radius 1 is 1.21 bits per heavy atom. The van der Waals surface area contributed by atoms with E-state index in [1.165, 1.54) is 12.1 Å². The van der Waals surface area contributed by atoms with Crippen molar-refractivity contribution in [3.05, 3.63) is 85.8 Å². The van der Waals surface area contributed by atoms with E-state index in [2.05, 4.69) is 14.9 Å². The SMILES string of the molecule is O=c1[nH]c(-c2ccccc2)nc2c1CN(Cc1ccc([N+](=O)[O-])c(O)c1)CC2. The number of nitro groups is 1. The predicted molar refractivity (Wildman–Crippen MR) is 103 cm³/mol. The average Bonchev–Trinajstić information content (AvgIpc) is 2.69. The first-order valence-electron chi connectivity index (χ1n) is 8.87. The number of hydrogen-bond donors (Lipinski definition) is 2. The summed E-state index contributed by atoms with van der Waals surface area (Å²) in [5, 5.41) is 20.6. The third-order valence-corrected chi connectivity index (χ3v) is 4.84. The highest BCUT2D eigenvalue weighted by Gasteiger charge is 2.22. The molecule has 0 unspecified atom stereocenters. The van der Waals surface area contributed by atoms with Gasteiger partial charge in [-0.15, -0.1) is 0 Å². The molecule has 0 saturated heterocycles. The molecule has 142 valence electrons. The average molecular weight is 378 g/mol. The van der Waals surface area contributed by atoms with Crippen LogP contribution in [-0.4, -0.2) is 31.4 Å². The number of aromatic amines is 1. The third kappa shape index (κ3) is 3.49. The van der Waals surface area contributed by atoms with Crippen molar-refractivity contribution in [1.82, 2.24) is 14.9 Å². The Hall–Kier alpha value is -3.52. The molecule has 1 aliphatic heterocycles. The molecular formula is C20H18N4O4. The summed E-state index contributed by atoms with van der Waals surface area (Å²) in [5.41, 5.74) is 2.58. The van der Waals surface area contributed by atoms with E-state index in [9.17, 15) is 20.0 Å². The molecule has 0 aliphatic carbocycles. The number of aromatic hydroxyl groups is 1. The van der Waals surface area contributed by atoms with E-state index in [1.807, 2.05) is 30.3 Å². The maximum absolute atomic E-state index is 12.6. The van der Waals surface area contributed by atoms with E-state index < -0.39 is 4.92 Å². The topological polar surface area (TPSA) is 112 Å². The van der Waals surface area contributed by atoms with Crippen LogP contribution in [0.25, 0.3) is 11.4 Å². The van der Waals surface area contributed by atoms with E-state index >= 15 is 0 Å². The first-order valence-corrected chi connectivity index (χ1v) is 8.87. The summed E-state index contributed by atoms with van der Waals surface area (Å²) in [6.45, 7) is 1.62. The summed E-state index contributed by atoms with van der Waals surface area (Å²) < 4.78 is 0. The molecule has 8 nitrogen and oxygen atoms in total. The van der Waals surface area contributed by atoms with Crippen molar-refractivity contribution in [1.29, 1.82) is 0 Å². The van der Waals surface area contributed by atoms with Crippen LogP contribution in [0.1, 0.15) is 16.8 Å². The van der Waals surface area contributed by atoms with Crippen molar-refractivity contribution in [2.75, 3.05) is 6.54 Å². The van der Waals surface area contributed by atoms with Crippen molar-refractivity contribution in [2.45, 2.75) is 19.5 Å². The van der Waals surface area contributed by atoms with Crippen molar-refractivity contribution >= 4 is 5.69 Å². The molecule has 2 heterocycles. The van der Waals surface area contributed by atoms with Crippen LogP contribution in [0.3, 0.4) is 0 Å². The van der Waals surface area contributed by atoms with Crippen molar-refractivity contribution < 1.29 is 10.0 Å². The number of phenolic OH excluding ortho intramolecular Hbond substituents is 1. The second-order valence-electron chi connectivity index (χ2n) is 6.75. The fourth-order valence-corrected chi connectivity index (χ4v) is 3.43. The van der Waals surface area contributed by atoms with Gasteiger partial charge in [-0.05, 0) is 11.6 Å². The normalized spacial score (nSPS) is 13.9. The Morgan fingerprint density at radius 3 is 2.71 bits per heavy atom. The van der Waals surface area contributed by atoms with Crippen LogP contribution in [0.5, 0.6) is 5.75 Å². The molecule has 8 heteroatoms. The van der Waals surface area contributed by atoms with Crippen LogP contribution in [0.15, 0.2) is 53.3 Å². The molecule has 28 heavy (non-hydrogen) atoms. The number of benzene rings is 2. The van der Waals surface area contributed by atoms with Gasteiger partial charge < -0.3 is 10.1 Å². The first-order chi connectivity index (χ1) is 13.5. The fourth-order valence-electron chi connectivity index (χ4n) is 3.43. The Balaban J connectivity index is 1.55. The second kappa shape index (κ2) is 7.24. The van der Waals surface area contributed by atoms with Gasteiger partial charge in [0.05, 0.1) is 16.2 Å². The Morgan fingerprint density at radius 2 is 2.00 bits per heavy atom. The van der Waals surface area contributed by atoms with Gasteiger partial charge in [-0.25, -0.2) is 4.98 Å². The number of nitro benzene ring substituents is 1. The number of rotatable bonds is 4. The zero-order chi connectivity index (χ0) is 19.7. The largest absolute Gasteiger partial charge is 0.502 e. The van der Waals surface area contributed by atoms with Gasteiger partial charge in [-0.3, -0.25) is 19.8 Å². The summed E-state index contributed by atoms with van der Waals surface area (Å²) in [4.78, 5) is 32.3. The number of aromatic nitrogens is 2. The molecule has 1 aliphatic rings. The minimum Gasteiger partial charge on any atom is -0.502 e. The lowest BCUT2D eigenvalue weighted by Gasteiger charge is -2.27. The summed E-state index contributed by atoms with van der Waals surface area (Å²) in [5.74, 6) is 0.213. The molecule has 0 saturated carbocycles. The van der Waals surface area contributed by atoms with Gasteiger partial charge in [0.1, 0.15) is 5.82 Å². The van der Waals surface area contributed by atoms with E-state index in [0.717, 1.165) is 16.8 Å². The highest BCUT2D eigenvalue weighted by Crippen LogP contribution is 2.27. The summed E-state index contributed by atoms with van der Waals surface area (Å²) in [6.07, 6.45) is 0.637. The molecule has 2 aromatic carbocycles. The fraction of sp³-hybridized carbons (Fsp3) is 0.200. The van der Waals surface area contributed by atoms with Crippen LogP contribution in [-0.2, 0) is 19.5 Å². The molecule has 0 spiro atoms. The number of H-pyrrole nitrogens is 1. The van der Waals surface area contributed by atoms with Gasteiger partial charge in [0.2, 0.25) is 0 Å². The standard InChI is InChI=1S/C20H18N4O4/c25-18-10-13(6-7-17(18)24(27)28)11-23-9-8-16-15(12-23)20(26)22-19(21-16)14-4-2-1-3-5-14/h1-7,10,25H,8-9,11-12H2,(H,21,22,26). The van der Waals surface area contributed by atoms with E-state index in [4.69, 9.17) is 0 Å². The van der Waals surface area contributed by atoms with Crippen LogP contribution in [0, 0.1) is 10.1 Å². The molecule has 0 atom stereocenters. The smallest absolute Gasteiger partial charge is 0.310 e. The highest BCUT2D eigenvalue weighted by atomic mass is 16.6. The van der Waals surface area contributed by atoms with Crippen LogP contribution in [0.2, 0.25) is 0 Å². The molecule has 0 radical (unpaired) electrons. The maximum atomic E-state index is 12.6. The maximum Gasteiger partial charge on any atom is 0.310 e. The van der Waals surface area contributed by atoms with E-state index in [0.29, 0.717) is 37.4 Å². The van der Waals surface area contributed by atoms with E-state index in [-0.39, 0.29) is 17.0 Å². The van der Waals surface area contributed by atoms with Gasteiger partial charge in [0.15, 0.2) is 5.75 Å². The summed E-state index contributed by atoms with van der Waals surface area (Å²) in [6, 6.07) is 13.8. The minimum absolute atomic E-state index is 0.153. The first kappa shape index (κ1) is 17.9. The quantitative estimate of drug-likeness (QED) is 0.533. The molecule has 0 bridgehead atoms. The van der Waals surface area contributed by atoms with Crippen LogP contribution >= 0.6 is 0 Å². The summed E-state index contributed by atoms with van der Waals surface area (Å²) in [7, 11) is 0. The number of nitrogens with zero attached hydrogens (tertiary/aromatic N) is 3. The molecule has 1 aromatic heterocycles. The van der Waals surface area contributed by atoms with Crippen molar-refractivity contribution in [3.8, 4) is 17.1 Å². The van der Waals surface area contributed by atoms with E-state index in [1.54, 1.807) is 6.07 Å². The van der Waals surface area contributed by atoms with Gasteiger partial charge in [-0.2, -0.15) is 0 Å². The zero-order valence-corrected chi connectivity index (χ0v) is 15.0. The Bertz CT molecular complexity index is 1100. The molecule has 2 N–H and O–H groups in total. The number of fused-ring (bicyclic) bond motifs is 1. The van der Waals surface area contributed by atoms with Gasteiger partial charge in [0, 0.05) is 37.7 Å². The lowest BCUT2D eigenvalue weighted by atomic mass is 10.0. The molecule has 4 rings (SSSR count). The van der Waals surface area contributed by atoms with Crippen LogP contribution < -0.4 is 5.56 Å². The predicted octanol–water partition coefficient (Wildman–Crippen LogP) is 2.61. The van der Waals surface area contributed by atoms with Gasteiger partial charge in [0.25, 0.3) is 5.56 Å². The summed E-state index contributed by atoms with van der Waals surface area (Å²) >= 11 is 0. The minimum atomic E-state index is -0.619. The van der Waals surface area contributed by atoms with Crippen molar-refractivity contribution in [2.24, 2.45) is 0 Å². The number of phenols is 1. The molecular weight excluding hydrogens is 360 g/mol. The zero-order valence-electron chi connectivity index (χ0n) is 15.0. The molecule has 3 aromatic rings. The number of nitrogens with one attached hydrogen (secondary N) is 1. The molecule has 0 amide bonds. The highest BCUT2D eigenvalue weighted by molar-refractivity contribution is 5.54. The lowest BCUT2D eigenvalue weighted by Crippen LogP contribution is -2.35. The third-order valence-electron chi connectivity index (χ3n) is 4.84. The van der Waals surface area contributed by atoms with Gasteiger partial charge >= 0.3 is 5.69 Å².